The van der Waals surface area contributed by atoms with Gasteiger partial charge < -0.3 is 4.90 Å². The second-order valence-corrected chi connectivity index (χ2v) is 10.1. The van der Waals surface area contributed by atoms with Gasteiger partial charge in [-0.05, 0) is 34.9 Å². The second kappa shape index (κ2) is 6.13. The van der Waals surface area contributed by atoms with Gasteiger partial charge in [-0.1, -0.05) is 12.1 Å². The lowest BCUT2D eigenvalue weighted by Gasteiger charge is -2.36. The normalized spacial score (nSPS) is 24.9. The van der Waals surface area contributed by atoms with E-state index in [2.05, 4.69) is 17.5 Å². The molecule has 0 spiro atoms. The molecule has 0 saturated heterocycles. The van der Waals surface area contributed by atoms with Crippen molar-refractivity contribution in [2.75, 3.05) is 12.3 Å². The summed E-state index contributed by atoms with van der Waals surface area (Å²) in [4.78, 5) is 17.3. The summed E-state index contributed by atoms with van der Waals surface area (Å²) in [5.41, 5.74) is 1.22. The summed E-state index contributed by atoms with van der Waals surface area (Å²) in [6.45, 7) is 0.693. The third-order valence-electron chi connectivity index (χ3n) is 4.54. The van der Waals surface area contributed by atoms with Crippen molar-refractivity contribution < 1.29 is 13.2 Å². The third kappa shape index (κ3) is 2.96. The molecule has 2 aliphatic rings. The van der Waals surface area contributed by atoms with E-state index in [1.54, 1.807) is 28.7 Å². The summed E-state index contributed by atoms with van der Waals surface area (Å²) in [5.74, 6) is -0.104. The van der Waals surface area contributed by atoms with E-state index in [1.165, 1.54) is 15.8 Å². The number of thiophene rings is 2. The highest BCUT2D eigenvalue weighted by Crippen LogP contribution is 2.40. The van der Waals surface area contributed by atoms with E-state index < -0.39 is 9.84 Å². The number of amides is 1. The number of hydrogen-bond acceptors (Lipinski definition) is 5. The predicted octanol–water partition coefficient (Wildman–Crippen LogP) is 3.23. The monoisotopic (exact) mass is 379 g/mol. The molecular formula is C17H17NO3S3. The molecule has 24 heavy (non-hydrogen) atoms. The molecule has 2 atom stereocenters. The minimum Gasteiger partial charge on any atom is -0.330 e. The molecule has 2 aliphatic heterocycles. The lowest BCUT2D eigenvalue weighted by atomic mass is 9.97. The van der Waals surface area contributed by atoms with Gasteiger partial charge in [-0.3, -0.25) is 4.79 Å². The highest BCUT2D eigenvalue weighted by molar-refractivity contribution is 7.94. The van der Waals surface area contributed by atoms with Crippen molar-refractivity contribution in [1.82, 2.24) is 4.90 Å². The van der Waals surface area contributed by atoms with Gasteiger partial charge in [0.1, 0.15) is 0 Å². The van der Waals surface area contributed by atoms with Crippen LogP contribution in [0.4, 0.5) is 0 Å². The Hall–Kier alpha value is -1.44. The smallest absolute Gasteiger partial charge is 0.224 e. The van der Waals surface area contributed by atoms with Crippen molar-refractivity contribution in [3.63, 3.8) is 0 Å². The fourth-order valence-electron chi connectivity index (χ4n) is 3.45. The molecule has 0 saturated carbocycles. The zero-order valence-electron chi connectivity index (χ0n) is 12.9. The number of nitrogens with zero attached hydrogens (tertiary/aromatic N) is 1. The van der Waals surface area contributed by atoms with Gasteiger partial charge in [-0.25, -0.2) is 8.42 Å². The van der Waals surface area contributed by atoms with Crippen LogP contribution in [-0.2, 0) is 21.1 Å². The molecule has 2 aromatic heterocycles. The highest BCUT2D eigenvalue weighted by Gasteiger charge is 2.35. The van der Waals surface area contributed by atoms with Crippen molar-refractivity contribution in [2.45, 2.75) is 18.9 Å². The first kappa shape index (κ1) is 16.1. The van der Waals surface area contributed by atoms with Gasteiger partial charge in [0.2, 0.25) is 5.91 Å². The van der Waals surface area contributed by atoms with Crippen LogP contribution in [0.15, 0.2) is 40.4 Å². The molecule has 0 aliphatic carbocycles. The number of rotatable bonds is 3. The molecule has 7 heteroatoms. The number of carbonyl (C=O) groups excluding carboxylic acids is 1. The van der Waals surface area contributed by atoms with E-state index in [0.717, 1.165) is 11.3 Å². The Morgan fingerprint density at radius 1 is 1.25 bits per heavy atom. The maximum absolute atomic E-state index is 12.9. The Morgan fingerprint density at radius 3 is 2.83 bits per heavy atom. The summed E-state index contributed by atoms with van der Waals surface area (Å²) >= 11 is 3.41. The number of allylic oxidation sites excluding steroid dienone is 1. The second-order valence-electron chi connectivity index (χ2n) is 6.18. The Balaban J connectivity index is 1.60. The highest BCUT2D eigenvalue weighted by atomic mass is 32.2. The fraction of sp³-hybridized carbons (Fsp3) is 0.353. The summed E-state index contributed by atoms with van der Waals surface area (Å²) in [6.07, 6.45) is 2.80. The van der Waals surface area contributed by atoms with Crippen LogP contribution in [0.3, 0.4) is 0 Å². The van der Waals surface area contributed by atoms with E-state index in [1.807, 2.05) is 16.3 Å². The van der Waals surface area contributed by atoms with E-state index >= 15 is 0 Å². The molecule has 4 rings (SSSR count). The first-order valence-electron chi connectivity index (χ1n) is 7.83. The first-order valence-corrected chi connectivity index (χ1v) is 11.3. The molecule has 0 aromatic carbocycles. The van der Waals surface area contributed by atoms with E-state index in [4.69, 9.17) is 0 Å². The summed E-state index contributed by atoms with van der Waals surface area (Å²) in [5, 5.41) is 5.37. The van der Waals surface area contributed by atoms with Crippen molar-refractivity contribution in [3.05, 3.63) is 55.8 Å². The zero-order valence-corrected chi connectivity index (χ0v) is 15.4. The van der Waals surface area contributed by atoms with Crippen LogP contribution in [0, 0.1) is 5.92 Å². The maximum atomic E-state index is 12.9. The lowest BCUT2D eigenvalue weighted by molar-refractivity contribution is -0.133. The van der Waals surface area contributed by atoms with Crippen LogP contribution in [0.5, 0.6) is 0 Å². The van der Waals surface area contributed by atoms with Gasteiger partial charge in [-0.15, -0.1) is 22.7 Å². The maximum Gasteiger partial charge on any atom is 0.224 e. The van der Waals surface area contributed by atoms with E-state index in [9.17, 15) is 13.2 Å². The van der Waals surface area contributed by atoms with E-state index in [-0.39, 0.29) is 30.0 Å². The number of fused-ring (bicyclic) bond motifs is 1. The minimum atomic E-state index is -3.12. The molecular weight excluding hydrogens is 362 g/mol. The molecule has 0 unspecified atom stereocenters. The van der Waals surface area contributed by atoms with Gasteiger partial charge in [-0.2, -0.15) is 0 Å². The molecule has 4 heterocycles. The number of hydrogen-bond donors (Lipinski definition) is 0. The summed E-state index contributed by atoms with van der Waals surface area (Å²) < 4.78 is 23.1. The van der Waals surface area contributed by atoms with Crippen molar-refractivity contribution >= 4 is 38.4 Å². The quantitative estimate of drug-likeness (QED) is 0.823. The van der Waals surface area contributed by atoms with Gasteiger partial charge in [0, 0.05) is 34.0 Å². The Kier molecular flexibility index (Phi) is 4.10. The summed E-state index contributed by atoms with van der Waals surface area (Å²) in [6, 6.07) is 6.16. The third-order valence-corrected chi connectivity index (χ3v) is 7.93. The Bertz CT molecular complexity index is 880. The van der Waals surface area contributed by atoms with Crippen molar-refractivity contribution in [1.29, 1.82) is 0 Å². The summed E-state index contributed by atoms with van der Waals surface area (Å²) in [7, 11) is -3.12. The number of sulfone groups is 1. The van der Waals surface area contributed by atoms with Crippen LogP contribution in [0.25, 0.3) is 0 Å². The standard InChI is InChI=1S/C17H17NO3S3/c19-16(10-12-5-9-24(20,21)11-12)18-6-3-14-13(4-8-23-14)17(18)15-2-1-7-22-15/h1-2,4-5,7-9,12,17H,3,6,10-11H2/t12-,17-/m0/s1. The SMILES string of the molecule is O=C(C[C@@H]1C=CS(=O)(=O)C1)N1CCc2sccc2[C@H]1c1cccs1. The molecule has 0 fully saturated rings. The molecule has 1 amide bonds. The molecule has 2 aromatic rings. The zero-order chi connectivity index (χ0) is 16.7. The molecule has 0 N–H and O–H groups in total. The predicted molar refractivity (Wildman–Crippen MR) is 96.9 cm³/mol. The lowest BCUT2D eigenvalue weighted by Crippen LogP contribution is -2.40. The number of carbonyl (C=O) groups is 1. The molecule has 4 nitrogen and oxygen atoms in total. The average molecular weight is 380 g/mol. The van der Waals surface area contributed by atoms with E-state index in [0.29, 0.717) is 6.54 Å². The van der Waals surface area contributed by atoms with Crippen molar-refractivity contribution in [3.8, 4) is 0 Å². The molecule has 126 valence electrons. The van der Waals surface area contributed by atoms with Gasteiger partial charge in [0.15, 0.2) is 9.84 Å². The molecule has 0 bridgehead atoms. The Labute approximate surface area is 149 Å². The van der Waals surface area contributed by atoms with Crippen LogP contribution in [-0.4, -0.2) is 31.5 Å². The average Bonchev–Trinajstić information content (AvgIpc) is 3.26. The van der Waals surface area contributed by atoms with Gasteiger partial charge >= 0.3 is 0 Å². The first-order chi connectivity index (χ1) is 11.5. The van der Waals surface area contributed by atoms with Crippen LogP contribution >= 0.6 is 22.7 Å². The van der Waals surface area contributed by atoms with Crippen LogP contribution < -0.4 is 0 Å². The molecule has 0 radical (unpaired) electrons. The van der Waals surface area contributed by atoms with Crippen LogP contribution in [0.1, 0.15) is 27.8 Å². The largest absolute Gasteiger partial charge is 0.330 e. The minimum absolute atomic E-state index is 0.0329. The fourth-order valence-corrected chi connectivity index (χ4v) is 6.60. The Morgan fingerprint density at radius 2 is 2.12 bits per heavy atom. The van der Waals surface area contributed by atoms with Crippen molar-refractivity contribution in [2.24, 2.45) is 5.92 Å². The van der Waals surface area contributed by atoms with Crippen LogP contribution in [0.2, 0.25) is 0 Å². The topological polar surface area (TPSA) is 54.5 Å². The van der Waals surface area contributed by atoms with Gasteiger partial charge in [0.25, 0.3) is 0 Å². The van der Waals surface area contributed by atoms with Gasteiger partial charge in [0.05, 0.1) is 11.8 Å².